The molecule has 4 N–H and O–H groups in total. The summed E-state index contributed by atoms with van der Waals surface area (Å²) in [5.41, 5.74) is 3.20. The van der Waals surface area contributed by atoms with E-state index in [-0.39, 0.29) is 6.54 Å². The molecule has 1 aliphatic heterocycles. The van der Waals surface area contributed by atoms with Crippen molar-refractivity contribution in [2.75, 3.05) is 36.9 Å². The molecule has 1 unspecified atom stereocenters. The Morgan fingerprint density at radius 2 is 2.03 bits per heavy atom. The van der Waals surface area contributed by atoms with Gasteiger partial charge in [0.1, 0.15) is 12.4 Å². The monoisotopic (exact) mass is 502 g/mol. The Morgan fingerprint density at radius 3 is 2.86 bits per heavy atom. The van der Waals surface area contributed by atoms with Crippen molar-refractivity contribution in [2.24, 2.45) is 0 Å². The lowest BCUT2D eigenvalue weighted by atomic mass is 10.0. The number of ether oxygens (including phenoxy) is 1. The van der Waals surface area contributed by atoms with Gasteiger partial charge in [0.25, 0.3) is 0 Å². The first-order chi connectivity index (χ1) is 18.1. The molecule has 5 rings (SSSR count). The Balaban J connectivity index is 1.45. The first kappa shape index (κ1) is 24.9. The van der Waals surface area contributed by atoms with E-state index in [1.807, 2.05) is 55.5 Å². The Hall–Kier alpha value is -3.82. The second kappa shape index (κ2) is 11.5. The highest BCUT2D eigenvalue weighted by molar-refractivity contribution is 5.98. The lowest BCUT2D eigenvalue weighted by Crippen LogP contribution is -2.38. The zero-order valence-electron chi connectivity index (χ0n) is 20.7. The predicted molar refractivity (Wildman–Crippen MR) is 144 cm³/mol. The molecule has 4 aromatic rings. The number of nitrogens with zero attached hydrogens (tertiary/aromatic N) is 3. The van der Waals surface area contributed by atoms with Gasteiger partial charge in [-0.1, -0.05) is 24.3 Å². The Kier molecular flexibility index (Phi) is 7.72. The molecule has 0 spiro atoms. The summed E-state index contributed by atoms with van der Waals surface area (Å²) < 4.78 is 19.2. The zero-order chi connectivity index (χ0) is 25.6. The van der Waals surface area contributed by atoms with Crippen LogP contribution in [0.25, 0.3) is 22.0 Å². The van der Waals surface area contributed by atoms with Crippen LogP contribution in [0, 0.1) is 6.92 Å². The van der Waals surface area contributed by atoms with Crippen molar-refractivity contribution in [3.05, 3.63) is 66.5 Å². The Labute approximate surface area is 215 Å². The second-order valence-electron chi connectivity index (χ2n) is 9.21. The normalized spacial score (nSPS) is 16.4. The van der Waals surface area contributed by atoms with Gasteiger partial charge in [-0.25, -0.2) is 19.3 Å². The molecule has 0 radical (unpaired) electrons. The van der Waals surface area contributed by atoms with E-state index in [9.17, 15) is 9.50 Å². The molecule has 3 heterocycles. The third kappa shape index (κ3) is 5.79. The molecule has 37 heavy (non-hydrogen) atoms. The van der Waals surface area contributed by atoms with Crippen molar-refractivity contribution < 1.29 is 14.2 Å². The molecule has 1 saturated heterocycles. The fourth-order valence-corrected chi connectivity index (χ4v) is 4.51. The average Bonchev–Trinajstić information content (AvgIpc) is 2.94. The minimum atomic E-state index is -1.06. The number of aliphatic hydroxyl groups excluding tert-OH is 1. The highest BCUT2D eigenvalue weighted by Crippen LogP contribution is 2.38. The van der Waals surface area contributed by atoms with E-state index >= 15 is 0 Å². The summed E-state index contributed by atoms with van der Waals surface area (Å²) in [7, 11) is 0. The van der Waals surface area contributed by atoms with Gasteiger partial charge in [0, 0.05) is 48.0 Å². The molecule has 1 aliphatic rings. The highest BCUT2D eigenvalue weighted by atomic mass is 19.1. The Morgan fingerprint density at radius 1 is 1.11 bits per heavy atom. The van der Waals surface area contributed by atoms with Crippen LogP contribution in [-0.4, -0.2) is 58.5 Å². The van der Waals surface area contributed by atoms with Crippen molar-refractivity contribution in [1.29, 1.82) is 0 Å². The third-order valence-corrected chi connectivity index (χ3v) is 6.45. The van der Waals surface area contributed by atoms with E-state index in [4.69, 9.17) is 9.72 Å². The lowest BCUT2D eigenvalue weighted by molar-refractivity contribution is 0.151. The molecule has 0 saturated carbocycles. The van der Waals surface area contributed by atoms with Gasteiger partial charge in [0.15, 0.2) is 0 Å². The van der Waals surface area contributed by atoms with Gasteiger partial charge >= 0.3 is 0 Å². The number of pyridine rings is 1. The molecule has 8 nitrogen and oxygen atoms in total. The van der Waals surface area contributed by atoms with Gasteiger partial charge in [-0.05, 0) is 56.1 Å². The fourth-order valence-electron chi connectivity index (χ4n) is 4.51. The number of aliphatic hydroxyl groups is 1. The van der Waals surface area contributed by atoms with Gasteiger partial charge in [-0.3, -0.25) is 0 Å². The zero-order valence-corrected chi connectivity index (χ0v) is 20.7. The number of fused-ring (bicyclic) bond motifs is 1. The van der Waals surface area contributed by atoms with Crippen molar-refractivity contribution in [3.8, 4) is 22.9 Å². The van der Waals surface area contributed by atoms with E-state index in [1.54, 1.807) is 12.4 Å². The van der Waals surface area contributed by atoms with Crippen LogP contribution in [0.2, 0.25) is 0 Å². The number of aryl methyl sites for hydroxylation is 1. The summed E-state index contributed by atoms with van der Waals surface area (Å²) in [5, 5.41) is 21.4. The van der Waals surface area contributed by atoms with Crippen LogP contribution in [0.4, 0.5) is 16.0 Å². The van der Waals surface area contributed by atoms with Crippen molar-refractivity contribution >= 4 is 22.4 Å². The van der Waals surface area contributed by atoms with Gasteiger partial charge in [0.05, 0.1) is 17.4 Å². The SMILES string of the molecule is Cc1ccc2c(NCC(O)CF)cccc2c1Oc1ncccc1-c1ccnc(N[C@H]2CCCNC2)n1. The molecule has 2 atom stereocenters. The standard InChI is InChI=1S/C28H31FN6O2/c1-18-9-10-21-22(6-2-8-24(21)33-17-20(36)15-29)26(18)37-27-23(7-4-13-31-27)25-11-14-32-28(35-25)34-19-5-3-12-30-16-19/h2,4,6-11,13-14,19-20,30,33,36H,3,5,12,15-17H2,1H3,(H,32,34,35)/t19-,20?/m0/s1. The van der Waals surface area contributed by atoms with E-state index in [1.165, 1.54) is 0 Å². The lowest BCUT2D eigenvalue weighted by Gasteiger charge is -2.23. The van der Waals surface area contributed by atoms with Gasteiger partial charge < -0.3 is 25.8 Å². The van der Waals surface area contributed by atoms with Crippen molar-refractivity contribution in [1.82, 2.24) is 20.3 Å². The molecular weight excluding hydrogens is 471 g/mol. The van der Waals surface area contributed by atoms with Gasteiger partial charge in [-0.2, -0.15) is 0 Å². The van der Waals surface area contributed by atoms with Crippen molar-refractivity contribution in [2.45, 2.75) is 31.9 Å². The number of hydrogen-bond donors (Lipinski definition) is 4. The first-order valence-electron chi connectivity index (χ1n) is 12.6. The van der Waals surface area contributed by atoms with Crippen LogP contribution in [0.5, 0.6) is 11.6 Å². The maximum Gasteiger partial charge on any atom is 0.228 e. The molecule has 2 aromatic heterocycles. The Bertz CT molecular complexity index is 1360. The maximum absolute atomic E-state index is 12.8. The molecule has 0 amide bonds. The van der Waals surface area contributed by atoms with Crippen LogP contribution in [0.3, 0.4) is 0 Å². The number of alkyl halides is 1. The fraction of sp³-hybridized carbons (Fsp3) is 0.321. The first-order valence-corrected chi connectivity index (χ1v) is 12.6. The van der Waals surface area contributed by atoms with E-state index in [0.717, 1.165) is 53.5 Å². The van der Waals surface area contributed by atoms with Crippen LogP contribution >= 0.6 is 0 Å². The number of aromatic nitrogens is 3. The summed E-state index contributed by atoms with van der Waals surface area (Å²) in [5.74, 6) is 1.69. The quantitative estimate of drug-likeness (QED) is 0.261. The summed E-state index contributed by atoms with van der Waals surface area (Å²) in [6, 6.07) is 15.7. The van der Waals surface area contributed by atoms with E-state index < -0.39 is 12.8 Å². The third-order valence-electron chi connectivity index (χ3n) is 6.45. The molecule has 9 heteroatoms. The minimum absolute atomic E-state index is 0.116. The number of piperidine rings is 1. The predicted octanol–water partition coefficient (Wildman–Crippen LogP) is 4.70. The van der Waals surface area contributed by atoms with Gasteiger partial charge in [0.2, 0.25) is 11.8 Å². The van der Waals surface area contributed by atoms with Crippen LogP contribution in [0.15, 0.2) is 60.9 Å². The van der Waals surface area contributed by atoms with E-state index in [0.29, 0.717) is 29.3 Å². The average molecular weight is 503 g/mol. The number of halogens is 1. The van der Waals surface area contributed by atoms with Crippen LogP contribution in [-0.2, 0) is 0 Å². The van der Waals surface area contributed by atoms with Crippen LogP contribution in [0.1, 0.15) is 18.4 Å². The van der Waals surface area contributed by atoms with E-state index in [2.05, 4.69) is 25.9 Å². The molecule has 1 fully saturated rings. The highest BCUT2D eigenvalue weighted by Gasteiger charge is 2.17. The second-order valence-corrected chi connectivity index (χ2v) is 9.21. The number of hydrogen-bond acceptors (Lipinski definition) is 8. The van der Waals surface area contributed by atoms with Crippen LogP contribution < -0.4 is 20.7 Å². The number of nitrogens with one attached hydrogen (secondary N) is 3. The number of benzene rings is 2. The minimum Gasteiger partial charge on any atom is -0.437 e. The van der Waals surface area contributed by atoms with Gasteiger partial charge in [-0.15, -0.1) is 0 Å². The molecule has 0 aliphatic carbocycles. The maximum atomic E-state index is 12.8. The molecule has 192 valence electrons. The summed E-state index contributed by atoms with van der Waals surface area (Å²) in [6.45, 7) is 3.23. The smallest absolute Gasteiger partial charge is 0.228 e. The molecular formula is C28H31FN6O2. The topological polar surface area (TPSA) is 104 Å². The summed E-state index contributed by atoms with van der Waals surface area (Å²) in [6.07, 6.45) is 4.57. The molecule has 2 aromatic carbocycles. The van der Waals surface area contributed by atoms with Crippen molar-refractivity contribution in [3.63, 3.8) is 0 Å². The largest absolute Gasteiger partial charge is 0.437 e. The number of anilines is 2. The summed E-state index contributed by atoms with van der Waals surface area (Å²) >= 11 is 0. The summed E-state index contributed by atoms with van der Waals surface area (Å²) in [4.78, 5) is 13.7. The molecule has 0 bridgehead atoms. The number of rotatable bonds is 9.